The number of nitrogens with one attached hydrogen (secondary N) is 1. The number of benzene rings is 2. The number of rotatable bonds is 5. The maximum atomic E-state index is 13.4. The van der Waals surface area contributed by atoms with Crippen molar-refractivity contribution in [1.29, 1.82) is 0 Å². The highest BCUT2D eigenvalue weighted by molar-refractivity contribution is 6.31. The summed E-state index contributed by atoms with van der Waals surface area (Å²) in [5, 5.41) is 3.16. The summed E-state index contributed by atoms with van der Waals surface area (Å²) in [6, 6.07) is 14.2. The maximum absolute atomic E-state index is 13.4. The third-order valence-corrected chi connectivity index (χ3v) is 5.65. The smallest absolute Gasteiger partial charge is 0.411 e. The Hall–Kier alpha value is -2.57. The van der Waals surface area contributed by atoms with Crippen molar-refractivity contribution in [2.45, 2.75) is 44.3 Å². The molecule has 2 atom stereocenters. The molecule has 3 rings (SSSR count). The van der Waals surface area contributed by atoms with Crippen LogP contribution in [-0.4, -0.2) is 36.1 Å². The van der Waals surface area contributed by atoms with Crippen LogP contribution in [0.15, 0.2) is 48.5 Å². The Balaban J connectivity index is 1.91. The van der Waals surface area contributed by atoms with Crippen LogP contribution in [0.25, 0.3) is 0 Å². The summed E-state index contributed by atoms with van der Waals surface area (Å²) in [7, 11) is 1.30. The lowest BCUT2D eigenvalue weighted by molar-refractivity contribution is 0.0583. The lowest BCUT2D eigenvalue weighted by Gasteiger charge is -2.38. The fraction of sp³-hybridized carbons (Fsp3) is 0.364. The predicted octanol–water partition coefficient (Wildman–Crippen LogP) is 4.43. The molecule has 6 nitrogen and oxygen atoms in total. The molecule has 1 aliphatic carbocycles. The van der Waals surface area contributed by atoms with Gasteiger partial charge in [-0.3, -0.25) is 10.1 Å². The highest BCUT2D eigenvalue weighted by Crippen LogP contribution is 2.28. The van der Waals surface area contributed by atoms with Gasteiger partial charge in [-0.15, -0.1) is 0 Å². The van der Waals surface area contributed by atoms with E-state index in [-0.39, 0.29) is 18.0 Å². The fourth-order valence-corrected chi connectivity index (χ4v) is 3.92. The van der Waals surface area contributed by atoms with E-state index in [4.69, 9.17) is 17.3 Å². The Morgan fingerprint density at radius 2 is 1.90 bits per heavy atom. The van der Waals surface area contributed by atoms with E-state index in [1.54, 1.807) is 30.3 Å². The molecule has 0 radical (unpaired) electrons. The molecule has 3 N–H and O–H groups in total. The van der Waals surface area contributed by atoms with Crippen molar-refractivity contribution in [2.75, 3.05) is 12.4 Å². The molecule has 1 aliphatic rings. The fourth-order valence-electron chi connectivity index (χ4n) is 3.74. The molecule has 0 saturated heterocycles. The highest BCUT2D eigenvalue weighted by Gasteiger charge is 2.32. The van der Waals surface area contributed by atoms with Crippen molar-refractivity contribution in [3.63, 3.8) is 0 Å². The number of amides is 2. The minimum absolute atomic E-state index is 0.0651. The highest BCUT2D eigenvalue weighted by atomic mass is 35.5. The van der Waals surface area contributed by atoms with Crippen LogP contribution in [0.1, 0.15) is 41.6 Å². The molecular formula is C22H26ClN3O3. The van der Waals surface area contributed by atoms with Gasteiger partial charge in [-0.05, 0) is 48.7 Å². The van der Waals surface area contributed by atoms with Crippen LogP contribution in [0, 0.1) is 0 Å². The van der Waals surface area contributed by atoms with Crippen LogP contribution in [0.2, 0.25) is 5.02 Å². The molecule has 0 heterocycles. The number of carbonyl (C=O) groups is 2. The van der Waals surface area contributed by atoms with Crippen LogP contribution < -0.4 is 11.1 Å². The Morgan fingerprint density at radius 1 is 1.17 bits per heavy atom. The number of hydrogen-bond acceptors (Lipinski definition) is 4. The van der Waals surface area contributed by atoms with Gasteiger partial charge in [0.2, 0.25) is 0 Å². The van der Waals surface area contributed by atoms with E-state index < -0.39 is 6.09 Å². The Labute approximate surface area is 176 Å². The van der Waals surface area contributed by atoms with Gasteiger partial charge >= 0.3 is 6.09 Å². The van der Waals surface area contributed by atoms with Crippen LogP contribution in [0.3, 0.4) is 0 Å². The van der Waals surface area contributed by atoms with Gasteiger partial charge < -0.3 is 15.4 Å². The molecule has 2 amide bonds. The number of anilines is 1. The molecule has 154 valence electrons. The summed E-state index contributed by atoms with van der Waals surface area (Å²) in [5.41, 5.74) is 8.31. The first-order chi connectivity index (χ1) is 14.0. The predicted molar refractivity (Wildman–Crippen MR) is 114 cm³/mol. The van der Waals surface area contributed by atoms with Crippen molar-refractivity contribution in [3.05, 3.63) is 64.7 Å². The minimum atomic E-state index is -0.565. The molecule has 0 aliphatic heterocycles. The van der Waals surface area contributed by atoms with Crippen molar-refractivity contribution in [2.24, 2.45) is 5.73 Å². The number of carbonyl (C=O) groups excluding carboxylic acids is 2. The molecule has 0 spiro atoms. The van der Waals surface area contributed by atoms with Gasteiger partial charge in [0, 0.05) is 34.9 Å². The van der Waals surface area contributed by atoms with Crippen LogP contribution in [0.5, 0.6) is 0 Å². The second-order valence-electron chi connectivity index (χ2n) is 7.24. The molecule has 2 aromatic rings. The van der Waals surface area contributed by atoms with E-state index in [0.29, 0.717) is 22.8 Å². The van der Waals surface area contributed by atoms with Gasteiger partial charge in [-0.25, -0.2) is 4.79 Å². The molecule has 2 aromatic carbocycles. The van der Waals surface area contributed by atoms with Gasteiger partial charge in [0.15, 0.2) is 0 Å². The third-order valence-electron chi connectivity index (χ3n) is 5.28. The number of nitrogens with zero attached hydrogens (tertiary/aromatic N) is 1. The largest absolute Gasteiger partial charge is 0.453 e. The molecular weight excluding hydrogens is 390 g/mol. The summed E-state index contributed by atoms with van der Waals surface area (Å²) in [6.07, 6.45) is 3.29. The first-order valence-electron chi connectivity index (χ1n) is 9.74. The van der Waals surface area contributed by atoms with Crippen molar-refractivity contribution in [3.8, 4) is 0 Å². The van der Waals surface area contributed by atoms with E-state index in [9.17, 15) is 9.59 Å². The molecule has 2 unspecified atom stereocenters. The zero-order valence-corrected chi connectivity index (χ0v) is 17.2. The SMILES string of the molecule is COC(=O)Nc1ccc(Cl)c(CN(C(=O)c2ccccc2)C2CCCCC2N)c1. The van der Waals surface area contributed by atoms with Gasteiger partial charge in [-0.1, -0.05) is 42.6 Å². The lowest BCUT2D eigenvalue weighted by atomic mass is 9.89. The van der Waals surface area contributed by atoms with Crippen LogP contribution in [0.4, 0.5) is 10.5 Å². The number of nitrogens with two attached hydrogens (primary N) is 1. The second-order valence-corrected chi connectivity index (χ2v) is 7.64. The topological polar surface area (TPSA) is 84.7 Å². The molecule has 1 saturated carbocycles. The standard InChI is InChI=1S/C22H26ClN3O3/c1-29-22(28)25-17-11-12-18(23)16(13-17)14-26(20-10-6-5-9-19(20)24)21(27)15-7-3-2-4-8-15/h2-4,7-8,11-13,19-20H,5-6,9-10,14,24H2,1H3,(H,25,28). The number of hydrogen-bond donors (Lipinski definition) is 2. The van der Waals surface area contributed by atoms with E-state index in [0.717, 1.165) is 31.2 Å². The van der Waals surface area contributed by atoms with Gasteiger partial charge in [0.05, 0.1) is 7.11 Å². The van der Waals surface area contributed by atoms with Crippen LogP contribution in [-0.2, 0) is 11.3 Å². The molecule has 29 heavy (non-hydrogen) atoms. The number of methoxy groups -OCH3 is 1. The molecule has 7 heteroatoms. The second kappa shape index (κ2) is 9.76. The molecule has 0 bridgehead atoms. The third kappa shape index (κ3) is 5.28. The van der Waals surface area contributed by atoms with E-state index in [1.807, 2.05) is 23.1 Å². The summed E-state index contributed by atoms with van der Waals surface area (Å²) in [5.74, 6) is -0.0738. The summed E-state index contributed by atoms with van der Waals surface area (Å²) >= 11 is 6.42. The Bertz CT molecular complexity index is 860. The number of halogens is 1. The summed E-state index contributed by atoms with van der Waals surface area (Å²) in [6.45, 7) is 0.307. The monoisotopic (exact) mass is 415 g/mol. The normalized spacial score (nSPS) is 18.7. The van der Waals surface area contributed by atoms with Gasteiger partial charge in [-0.2, -0.15) is 0 Å². The zero-order valence-electron chi connectivity index (χ0n) is 16.4. The van der Waals surface area contributed by atoms with Crippen molar-refractivity contribution < 1.29 is 14.3 Å². The molecule has 1 fully saturated rings. The summed E-state index contributed by atoms with van der Waals surface area (Å²) < 4.78 is 4.65. The first-order valence-corrected chi connectivity index (χ1v) is 10.1. The average molecular weight is 416 g/mol. The van der Waals surface area contributed by atoms with Gasteiger partial charge in [0.25, 0.3) is 5.91 Å². The van der Waals surface area contributed by atoms with E-state index in [1.165, 1.54) is 7.11 Å². The first kappa shape index (κ1) is 21.1. The van der Waals surface area contributed by atoms with Crippen molar-refractivity contribution in [1.82, 2.24) is 4.90 Å². The van der Waals surface area contributed by atoms with Crippen LogP contribution >= 0.6 is 11.6 Å². The number of ether oxygens (including phenoxy) is 1. The van der Waals surface area contributed by atoms with E-state index >= 15 is 0 Å². The maximum Gasteiger partial charge on any atom is 0.411 e. The summed E-state index contributed by atoms with van der Waals surface area (Å²) in [4.78, 5) is 26.7. The molecule has 0 aromatic heterocycles. The lowest BCUT2D eigenvalue weighted by Crippen LogP contribution is -2.51. The quantitative estimate of drug-likeness (QED) is 0.756. The zero-order chi connectivity index (χ0) is 20.8. The van der Waals surface area contributed by atoms with Gasteiger partial charge in [0.1, 0.15) is 0 Å². The minimum Gasteiger partial charge on any atom is -0.453 e. The average Bonchev–Trinajstić information content (AvgIpc) is 2.74. The van der Waals surface area contributed by atoms with E-state index in [2.05, 4.69) is 10.1 Å². The Morgan fingerprint density at radius 3 is 2.59 bits per heavy atom. The Kier molecular flexibility index (Phi) is 7.12. The van der Waals surface area contributed by atoms with Crippen molar-refractivity contribution >= 4 is 29.3 Å².